The van der Waals surface area contributed by atoms with Crippen molar-refractivity contribution in [3.8, 4) is 0 Å². The zero-order chi connectivity index (χ0) is 41.2. The Morgan fingerprint density at radius 2 is 1.57 bits per heavy atom. The number of Topliss-reactive ketones (excluding diaryl/α,β-unsaturated/α-hetero) is 1. The Hall–Kier alpha value is -3.25. The molecule has 1 saturated heterocycles. The molecule has 2 aromatic rings. The molecule has 1 aliphatic heterocycles. The fourth-order valence-electron chi connectivity index (χ4n) is 7.80. The van der Waals surface area contributed by atoms with Gasteiger partial charge in [-0.2, -0.15) is 11.8 Å². The third-order valence-electron chi connectivity index (χ3n) is 11.3. The highest BCUT2D eigenvalue weighted by Crippen LogP contribution is 2.28. The van der Waals surface area contributed by atoms with Gasteiger partial charge in [0.2, 0.25) is 17.7 Å². The number of likely N-dealkylation sites (tertiary alicyclic amines) is 1. The molecule has 6 unspecified atom stereocenters. The van der Waals surface area contributed by atoms with Crippen molar-refractivity contribution < 1.29 is 23.9 Å². The number of thioether (sulfide) groups is 1. The van der Waals surface area contributed by atoms with E-state index in [4.69, 9.17) is 4.74 Å². The molecule has 3 rings (SSSR count). The SMILES string of the molecule is COC(CC(=O)C(C)CCN1CCCC1CC(SC)C(=O)N(CCc1ccccc1)Cc1ccccc1)CN(C)C(=O)CC(C)CNC(=O)C(C(C)C)N(C)C. The van der Waals surface area contributed by atoms with Crippen LogP contribution in [0.5, 0.6) is 0 Å². The number of hydrogen-bond donors (Lipinski definition) is 1. The molecule has 1 heterocycles. The maximum Gasteiger partial charge on any atom is 0.237 e. The maximum atomic E-state index is 14.2. The van der Waals surface area contributed by atoms with Crippen LogP contribution in [0.4, 0.5) is 0 Å². The van der Waals surface area contributed by atoms with Gasteiger partial charge < -0.3 is 24.8 Å². The van der Waals surface area contributed by atoms with Crippen LogP contribution in [0.25, 0.3) is 0 Å². The summed E-state index contributed by atoms with van der Waals surface area (Å²) in [7, 11) is 7.14. The average Bonchev–Trinajstić information content (AvgIpc) is 3.63. The number of benzene rings is 2. The van der Waals surface area contributed by atoms with Gasteiger partial charge in [-0.05, 0) is 88.5 Å². The lowest BCUT2D eigenvalue weighted by molar-refractivity contribution is -0.134. The summed E-state index contributed by atoms with van der Waals surface area (Å²) >= 11 is 1.65. The summed E-state index contributed by atoms with van der Waals surface area (Å²) in [6.45, 7) is 11.8. The molecule has 10 nitrogen and oxygen atoms in total. The van der Waals surface area contributed by atoms with Crippen molar-refractivity contribution >= 4 is 35.3 Å². The molecule has 3 amide bonds. The largest absolute Gasteiger partial charge is 0.379 e. The molecule has 0 radical (unpaired) electrons. The van der Waals surface area contributed by atoms with Crippen LogP contribution in [0.2, 0.25) is 0 Å². The van der Waals surface area contributed by atoms with E-state index in [0.717, 1.165) is 50.8 Å². The summed E-state index contributed by atoms with van der Waals surface area (Å²) in [6.07, 6.45) is 6.70. The number of amides is 3. The highest BCUT2D eigenvalue weighted by molar-refractivity contribution is 7.99. The van der Waals surface area contributed by atoms with Crippen molar-refractivity contribution in [3.05, 3.63) is 71.8 Å². The smallest absolute Gasteiger partial charge is 0.237 e. The molecule has 0 bridgehead atoms. The number of methoxy groups -OCH3 is 1. The lowest BCUT2D eigenvalue weighted by Crippen LogP contribution is -2.47. The van der Waals surface area contributed by atoms with Gasteiger partial charge in [0.05, 0.1) is 17.4 Å². The summed E-state index contributed by atoms with van der Waals surface area (Å²) in [5.74, 6) is 0.268. The zero-order valence-electron chi connectivity index (χ0n) is 35.7. The minimum Gasteiger partial charge on any atom is -0.379 e. The minimum atomic E-state index is -0.394. The number of nitrogens with zero attached hydrogens (tertiary/aromatic N) is 4. The lowest BCUT2D eigenvalue weighted by Gasteiger charge is -2.31. The normalized spacial score (nSPS) is 17.3. The third-order valence-corrected chi connectivity index (χ3v) is 12.2. The van der Waals surface area contributed by atoms with E-state index >= 15 is 0 Å². The Labute approximate surface area is 342 Å². The predicted octanol–water partition coefficient (Wildman–Crippen LogP) is 6.03. The Morgan fingerprint density at radius 1 is 0.929 bits per heavy atom. The van der Waals surface area contributed by atoms with Crippen LogP contribution in [0.15, 0.2) is 60.7 Å². The second-order valence-electron chi connectivity index (χ2n) is 16.5. The van der Waals surface area contributed by atoms with Crippen LogP contribution < -0.4 is 5.32 Å². The third kappa shape index (κ3) is 15.6. The van der Waals surface area contributed by atoms with Crippen molar-refractivity contribution in [1.29, 1.82) is 0 Å². The second kappa shape index (κ2) is 24.5. The molecule has 56 heavy (non-hydrogen) atoms. The van der Waals surface area contributed by atoms with Crippen LogP contribution >= 0.6 is 11.8 Å². The number of ether oxygens (including phenoxy) is 1. The van der Waals surface area contributed by atoms with Gasteiger partial charge >= 0.3 is 0 Å². The molecule has 0 saturated carbocycles. The summed E-state index contributed by atoms with van der Waals surface area (Å²) in [5.41, 5.74) is 2.36. The van der Waals surface area contributed by atoms with Crippen molar-refractivity contribution in [2.45, 2.75) is 103 Å². The first-order valence-electron chi connectivity index (χ1n) is 20.6. The van der Waals surface area contributed by atoms with Gasteiger partial charge in [-0.25, -0.2) is 0 Å². The van der Waals surface area contributed by atoms with Gasteiger partial charge in [-0.1, -0.05) is 88.4 Å². The Balaban J connectivity index is 1.49. The number of hydrogen-bond acceptors (Lipinski definition) is 8. The molecule has 312 valence electrons. The first kappa shape index (κ1) is 47.1. The minimum absolute atomic E-state index is 0.0275. The van der Waals surface area contributed by atoms with E-state index in [9.17, 15) is 19.2 Å². The van der Waals surface area contributed by atoms with Crippen molar-refractivity contribution in [3.63, 3.8) is 0 Å². The van der Waals surface area contributed by atoms with Gasteiger partial charge in [0.25, 0.3) is 0 Å². The van der Waals surface area contributed by atoms with Crippen molar-refractivity contribution in [2.75, 3.05) is 67.2 Å². The van der Waals surface area contributed by atoms with Crippen molar-refractivity contribution in [1.82, 2.24) is 24.9 Å². The molecule has 0 aliphatic carbocycles. The molecular formula is C45H71N5O5S. The molecule has 1 aliphatic rings. The number of ketones is 1. The Kier molecular flexibility index (Phi) is 20.6. The molecular weight excluding hydrogens is 723 g/mol. The van der Waals surface area contributed by atoms with Gasteiger partial charge in [-0.15, -0.1) is 0 Å². The van der Waals surface area contributed by atoms with Crippen molar-refractivity contribution in [2.24, 2.45) is 17.8 Å². The molecule has 1 N–H and O–H groups in total. The molecule has 2 aromatic carbocycles. The van der Waals surface area contributed by atoms with Crippen LogP contribution in [-0.4, -0.2) is 134 Å². The van der Waals surface area contributed by atoms with Gasteiger partial charge in [-0.3, -0.25) is 24.1 Å². The number of carbonyl (C=O) groups is 4. The van der Waals surface area contributed by atoms with Gasteiger partial charge in [0, 0.05) is 65.1 Å². The summed E-state index contributed by atoms with van der Waals surface area (Å²) in [4.78, 5) is 61.5. The van der Waals surface area contributed by atoms with E-state index < -0.39 is 6.10 Å². The number of carbonyl (C=O) groups excluding carboxylic acids is 4. The summed E-state index contributed by atoms with van der Waals surface area (Å²) in [5, 5.41) is 2.88. The molecule has 0 spiro atoms. The first-order chi connectivity index (χ1) is 26.7. The predicted molar refractivity (Wildman–Crippen MR) is 229 cm³/mol. The van der Waals surface area contributed by atoms with E-state index in [-0.39, 0.29) is 59.0 Å². The second-order valence-corrected chi connectivity index (χ2v) is 17.5. The molecule has 6 atom stereocenters. The molecule has 0 aromatic heterocycles. The average molecular weight is 794 g/mol. The highest BCUT2D eigenvalue weighted by Gasteiger charge is 2.33. The monoisotopic (exact) mass is 794 g/mol. The Morgan fingerprint density at radius 3 is 2.16 bits per heavy atom. The van der Waals surface area contributed by atoms with E-state index in [0.29, 0.717) is 38.6 Å². The quantitative estimate of drug-likeness (QED) is 0.130. The fourth-order valence-corrected chi connectivity index (χ4v) is 8.56. The topological polar surface area (TPSA) is 102 Å². The molecule has 1 fully saturated rings. The molecule has 11 heteroatoms. The highest BCUT2D eigenvalue weighted by atomic mass is 32.2. The Bertz CT molecular complexity index is 1470. The number of nitrogens with one attached hydrogen (secondary N) is 1. The van der Waals surface area contributed by atoms with Crippen LogP contribution in [0, 0.1) is 17.8 Å². The number of rotatable bonds is 25. The summed E-state index contributed by atoms with van der Waals surface area (Å²) < 4.78 is 5.69. The zero-order valence-corrected chi connectivity index (χ0v) is 36.6. The van der Waals surface area contributed by atoms with Crippen LogP contribution in [-0.2, 0) is 36.9 Å². The fraction of sp³-hybridized carbons (Fsp3) is 0.644. The summed E-state index contributed by atoms with van der Waals surface area (Å²) in [6, 6.07) is 20.7. The van der Waals surface area contributed by atoms with E-state index in [2.05, 4.69) is 34.5 Å². The standard InChI is InChI=1S/C45H71N5O5S/c1-33(2)43(47(5)6)44(53)46-30-34(3)27-42(52)48(7)32-39(55-8)29-40(51)35(4)22-25-49-24-16-21-38(49)28-41(56-9)45(54)50(31-37-19-14-11-15-20-37)26-23-36-17-12-10-13-18-36/h10-15,17-20,33-35,38-39,41,43H,16,21-32H2,1-9H3,(H,46,53). The maximum absolute atomic E-state index is 14.2. The lowest BCUT2D eigenvalue weighted by atomic mass is 9.96. The van der Waals surface area contributed by atoms with Crippen LogP contribution in [0.3, 0.4) is 0 Å². The number of likely N-dealkylation sites (N-methyl/N-ethyl adjacent to an activating group) is 2. The first-order valence-corrected chi connectivity index (χ1v) is 21.9. The van der Waals surface area contributed by atoms with E-state index in [1.54, 1.807) is 30.8 Å². The van der Waals surface area contributed by atoms with E-state index in [1.165, 1.54) is 5.56 Å². The van der Waals surface area contributed by atoms with Gasteiger partial charge in [0.15, 0.2) is 0 Å². The van der Waals surface area contributed by atoms with E-state index in [1.807, 2.05) is 94.2 Å². The van der Waals surface area contributed by atoms with Gasteiger partial charge in [0.1, 0.15) is 5.78 Å². The van der Waals surface area contributed by atoms with Crippen LogP contribution in [0.1, 0.15) is 77.3 Å².